The van der Waals surface area contributed by atoms with Crippen molar-refractivity contribution in [3.05, 3.63) is 33.9 Å². The second-order valence-corrected chi connectivity index (χ2v) is 6.13. The van der Waals surface area contributed by atoms with Crippen molar-refractivity contribution in [2.24, 2.45) is 0 Å². The van der Waals surface area contributed by atoms with Gasteiger partial charge in [-0.05, 0) is 31.9 Å². The zero-order chi connectivity index (χ0) is 15.5. The number of hydrogen-bond donors (Lipinski definition) is 0. The van der Waals surface area contributed by atoms with Gasteiger partial charge in [0.05, 0.1) is 18.1 Å². The van der Waals surface area contributed by atoms with E-state index < -0.39 is 0 Å². The number of rotatable bonds is 4. The van der Waals surface area contributed by atoms with Gasteiger partial charge in [-0.3, -0.25) is 15.0 Å². The molecule has 0 radical (unpaired) electrons. The first-order valence-electron chi connectivity index (χ1n) is 7.97. The van der Waals surface area contributed by atoms with E-state index in [2.05, 4.69) is 9.80 Å². The van der Waals surface area contributed by atoms with Gasteiger partial charge >= 0.3 is 0 Å². The molecule has 6 heteroatoms. The molecule has 0 N–H and O–H groups in total. The maximum atomic E-state index is 11.0. The fourth-order valence-electron chi connectivity index (χ4n) is 3.47. The quantitative estimate of drug-likeness (QED) is 0.630. The molecule has 0 amide bonds. The van der Waals surface area contributed by atoms with E-state index in [0.29, 0.717) is 6.04 Å². The average molecular weight is 305 g/mol. The molecule has 2 heterocycles. The number of nitrogens with zero attached hydrogens (tertiary/aromatic N) is 3. The van der Waals surface area contributed by atoms with Crippen LogP contribution in [-0.4, -0.2) is 55.3 Å². The summed E-state index contributed by atoms with van der Waals surface area (Å²) < 4.78 is 5.41. The number of anilines is 1. The number of morpholine rings is 1. The van der Waals surface area contributed by atoms with Crippen LogP contribution in [0.5, 0.6) is 0 Å². The van der Waals surface area contributed by atoms with Crippen molar-refractivity contribution in [3.63, 3.8) is 0 Å². The second kappa shape index (κ2) is 6.62. The molecule has 3 rings (SSSR count). The monoisotopic (exact) mass is 305 g/mol. The molecule has 22 heavy (non-hydrogen) atoms. The summed E-state index contributed by atoms with van der Waals surface area (Å²) in [6, 6.07) is 5.98. The number of aryl methyl sites for hydroxylation is 1. The molecule has 2 aliphatic heterocycles. The second-order valence-electron chi connectivity index (χ2n) is 6.13. The number of hydrogen-bond acceptors (Lipinski definition) is 5. The molecule has 1 unspecified atom stereocenters. The van der Waals surface area contributed by atoms with E-state index in [0.717, 1.165) is 50.6 Å². The topological polar surface area (TPSA) is 58.8 Å². The molecule has 0 saturated carbocycles. The molecule has 1 aromatic carbocycles. The number of nitro benzene ring substituents is 1. The first kappa shape index (κ1) is 15.2. The van der Waals surface area contributed by atoms with Crippen molar-refractivity contribution in [1.82, 2.24) is 4.90 Å². The Morgan fingerprint density at radius 2 is 2.09 bits per heavy atom. The van der Waals surface area contributed by atoms with E-state index in [9.17, 15) is 10.1 Å². The Bertz CT molecular complexity index is 543. The van der Waals surface area contributed by atoms with Gasteiger partial charge in [0.15, 0.2) is 0 Å². The fourth-order valence-corrected chi connectivity index (χ4v) is 3.47. The van der Waals surface area contributed by atoms with Crippen molar-refractivity contribution in [1.29, 1.82) is 0 Å². The minimum Gasteiger partial charge on any atom is -0.379 e. The van der Waals surface area contributed by atoms with Crippen LogP contribution in [0.1, 0.15) is 18.4 Å². The van der Waals surface area contributed by atoms with Gasteiger partial charge < -0.3 is 9.64 Å². The molecule has 0 aromatic heterocycles. The lowest BCUT2D eigenvalue weighted by molar-refractivity contribution is -0.385. The van der Waals surface area contributed by atoms with Gasteiger partial charge in [-0.15, -0.1) is 0 Å². The standard InChI is InChI=1S/C16H23N3O3/c1-13-11-14(4-5-16(13)19(20)21)18-6-2-3-15(18)12-17-7-9-22-10-8-17/h4-5,11,15H,2-3,6-10,12H2,1H3. The minimum atomic E-state index is -0.311. The van der Waals surface area contributed by atoms with Crippen LogP contribution < -0.4 is 4.90 Å². The van der Waals surface area contributed by atoms with Gasteiger partial charge in [0.2, 0.25) is 0 Å². The predicted molar refractivity (Wildman–Crippen MR) is 85.5 cm³/mol. The summed E-state index contributed by atoms with van der Waals surface area (Å²) in [7, 11) is 0. The predicted octanol–water partition coefficient (Wildman–Crippen LogP) is 2.20. The average Bonchev–Trinajstić information content (AvgIpc) is 2.96. The van der Waals surface area contributed by atoms with E-state index >= 15 is 0 Å². The molecule has 1 aromatic rings. The highest BCUT2D eigenvalue weighted by Crippen LogP contribution is 2.30. The molecule has 2 saturated heterocycles. The summed E-state index contributed by atoms with van der Waals surface area (Å²) in [4.78, 5) is 15.5. The van der Waals surface area contributed by atoms with Gasteiger partial charge in [-0.2, -0.15) is 0 Å². The third-order valence-corrected chi connectivity index (χ3v) is 4.66. The number of nitro groups is 1. The first-order valence-corrected chi connectivity index (χ1v) is 7.97. The van der Waals surface area contributed by atoms with Crippen molar-refractivity contribution in [2.75, 3.05) is 44.3 Å². The Kier molecular flexibility index (Phi) is 4.59. The first-order chi connectivity index (χ1) is 10.6. The summed E-state index contributed by atoms with van der Waals surface area (Å²) in [5, 5.41) is 11.0. The summed E-state index contributed by atoms with van der Waals surface area (Å²) >= 11 is 0. The molecule has 2 aliphatic rings. The van der Waals surface area contributed by atoms with Crippen LogP contribution in [0.25, 0.3) is 0 Å². The van der Waals surface area contributed by atoms with Crippen molar-refractivity contribution >= 4 is 11.4 Å². The highest BCUT2D eigenvalue weighted by atomic mass is 16.6. The van der Waals surface area contributed by atoms with Gasteiger partial charge in [0.25, 0.3) is 5.69 Å². The lowest BCUT2D eigenvalue weighted by Gasteiger charge is -2.34. The van der Waals surface area contributed by atoms with E-state index in [1.165, 1.54) is 12.8 Å². The maximum absolute atomic E-state index is 11.0. The molecular formula is C16H23N3O3. The van der Waals surface area contributed by atoms with Crippen LogP contribution in [0, 0.1) is 17.0 Å². The normalized spacial score (nSPS) is 23.0. The lowest BCUT2D eigenvalue weighted by Crippen LogP contribution is -2.45. The SMILES string of the molecule is Cc1cc(N2CCCC2CN2CCOCC2)ccc1[N+](=O)[O-]. The molecule has 2 fully saturated rings. The van der Waals surface area contributed by atoms with Gasteiger partial charge in [0.1, 0.15) is 0 Å². The molecule has 0 aliphatic carbocycles. The Hall–Kier alpha value is -1.66. The Morgan fingerprint density at radius 3 is 2.77 bits per heavy atom. The molecular weight excluding hydrogens is 282 g/mol. The molecule has 120 valence electrons. The highest BCUT2D eigenvalue weighted by Gasteiger charge is 2.28. The van der Waals surface area contributed by atoms with Crippen LogP contribution in [0.3, 0.4) is 0 Å². The van der Waals surface area contributed by atoms with E-state index in [-0.39, 0.29) is 10.6 Å². The number of benzene rings is 1. The summed E-state index contributed by atoms with van der Waals surface area (Å²) in [6.45, 7) is 7.56. The van der Waals surface area contributed by atoms with Crippen LogP contribution in [0.15, 0.2) is 18.2 Å². The Labute approximate surface area is 130 Å². The van der Waals surface area contributed by atoms with Crippen molar-refractivity contribution in [3.8, 4) is 0 Å². The molecule has 0 bridgehead atoms. The van der Waals surface area contributed by atoms with Gasteiger partial charge in [0, 0.05) is 49.5 Å². The molecule has 1 atom stereocenters. The smallest absolute Gasteiger partial charge is 0.272 e. The largest absolute Gasteiger partial charge is 0.379 e. The van der Waals surface area contributed by atoms with E-state index in [1.54, 1.807) is 6.07 Å². The third kappa shape index (κ3) is 3.23. The maximum Gasteiger partial charge on any atom is 0.272 e. The third-order valence-electron chi connectivity index (χ3n) is 4.66. The summed E-state index contributed by atoms with van der Waals surface area (Å²) in [5.74, 6) is 0. The summed E-state index contributed by atoms with van der Waals surface area (Å²) in [6.07, 6.45) is 2.37. The van der Waals surface area contributed by atoms with Crippen molar-refractivity contribution < 1.29 is 9.66 Å². The van der Waals surface area contributed by atoms with Crippen LogP contribution in [-0.2, 0) is 4.74 Å². The van der Waals surface area contributed by atoms with Crippen LogP contribution in [0.2, 0.25) is 0 Å². The number of ether oxygens (including phenoxy) is 1. The van der Waals surface area contributed by atoms with Gasteiger partial charge in [-0.1, -0.05) is 0 Å². The van der Waals surface area contributed by atoms with E-state index in [1.807, 2.05) is 19.1 Å². The van der Waals surface area contributed by atoms with Crippen LogP contribution in [0.4, 0.5) is 11.4 Å². The highest BCUT2D eigenvalue weighted by molar-refractivity contribution is 5.56. The Morgan fingerprint density at radius 1 is 1.32 bits per heavy atom. The molecule has 0 spiro atoms. The van der Waals surface area contributed by atoms with Crippen LogP contribution >= 0.6 is 0 Å². The Balaban J connectivity index is 1.72. The zero-order valence-corrected chi connectivity index (χ0v) is 13.0. The summed E-state index contributed by atoms with van der Waals surface area (Å²) in [5.41, 5.74) is 2.05. The minimum absolute atomic E-state index is 0.202. The molecule has 6 nitrogen and oxygen atoms in total. The van der Waals surface area contributed by atoms with E-state index in [4.69, 9.17) is 4.74 Å². The zero-order valence-electron chi connectivity index (χ0n) is 13.0. The van der Waals surface area contributed by atoms with Gasteiger partial charge in [-0.25, -0.2) is 0 Å². The van der Waals surface area contributed by atoms with Crippen molar-refractivity contribution in [2.45, 2.75) is 25.8 Å². The lowest BCUT2D eigenvalue weighted by atomic mass is 10.1. The fraction of sp³-hybridized carbons (Fsp3) is 0.625.